The van der Waals surface area contributed by atoms with Gasteiger partial charge in [0.25, 0.3) is 15.9 Å². The van der Waals surface area contributed by atoms with Crippen LogP contribution in [0.3, 0.4) is 0 Å². The Kier molecular flexibility index (Phi) is 8.19. The molecule has 0 aliphatic carbocycles. The molecule has 210 valence electrons. The Morgan fingerprint density at radius 1 is 1.05 bits per heavy atom. The molecule has 1 amide bonds. The Labute approximate surface area is 236 Å². The fraction of sp³-hybridized carbons (Fsp3) is 0.286. The Balaban J connectivity index is 1.15. The molecule has 0 saturated carbocycles. The number of hydrogen-bond acceptors (Lipinski definition) is 8. The number of aryl methyl sites for hydroxylation is 1. The van der Waals surface area contributed by atoms with Crippen LogP contribution in [0.25, 0.3) is 10.2 Å². The maximum Gasteiger partial charge on any atom is 0.261 e. The minimum Gasteiger partial charge on any atom is -0.494 e. The number of halogens is 1. The fourth-order valence-electron chi connectivity index (χ4n) is 4.57. The first kappa shape index (κ1) is 27.8. The van der Waals surface area contributed by atoms with E-state index in [9.17, 15) is 17.6 Å². The topological polar surface area (TPSA) is 104 Å². The van der Waals surface area contributed by atoms with Crippen molar-refractivity contribution >= 4 is 48.3 Å². The Morgan fingerprint density at radius 2 is 1.77 bits per heavy atom. The first-order valence-electron chi connectivity index (χ1n) is 12.8. The van der Waals surface area contributed by atoms with E-state index in [1.807, 2.05) is 12.1 Å². The summed E-state index contributed by atoms with van der Waals surface area (Å²) in [6.45, 7) is 6.46. The fourth-order valence-corrected chi connectivity index (χ4v) is 6.75. The lowest BCUT2D eigenvalue weighted by Gasteiger charge is -2.34. The maximum absolute atomic E-state index is 13.2. The number of nitrogens with zero attached hydrogens (tertiary/aromatic N) is 3. The van der Waals surface area contributed by atoms with Gasteiger partial charge in [0.2, 0.25) is 0 Å². The van der Waals surface area contributed by atoms with Crippen molar-refractivity contribution in [2.45, 2.75) is 11.8 Å². The molecule has 1 aliphatic rings. The van der Waals surface area contributed by atoms with Gasteiger partial charge in [0.15, 0.2) is 5.13 Å². The Bertz CT molecular complexity index is 1620. The zero-order valence-electron chi connectivity index (χ0n) is 22.2. The summed E-state index contributed by atoms with van der Waals surface area (Å²) < 4.78 is 47.8. The number of nitrogens with one attached hydrogen (secondary N) is 2. The third kappa shape index (κ3) is 6.03. The summed E-state index contributed by atoms with van der Waals surface area (Å²) in [7, 11) is -2.33. The lowest BCUT2D eigenvalue weighted by Crippen LogP contribution is -2.48. The van der Waals surface area contributed by atoms with Gasteiger partial charge in [-0.05, 0) is 55.0 Å². The summed E-state index contributed by atoms with van der Waals surface area (Å²) in [5.41, 5.74) is 2.44. The highest BCUT2D eigenvalue weighted by molar-refractivity contribution is 7.92. The molecular formula is C28H30FN5O4S2. The number of para-hydroxylation sites is 1. The maximum atomic E-state index is 13.2. The van der Waals surface area contributed by atoms with Gasteiger partial charge in [0.05, 0.1) is 28.0 Å². The van der Waals surface area contributed by atoms with Crippen LogP contribution < -0.4 is 19.7 Å². The highest BCUT2D eigenvalue weighted by atomic mass is 32.2. The van der Waals surface area contributed by atoms with E-state index < -0.39 is 15.8 Å². The summed E-state index contributed by atoms with van der Waals surface area (Å²) in [6.07, 6.45) is 0. The lowest BCUT2D eigenvalue weighted by molar-refractivity contribution is 0.0948. The molecule has 3 aromatic carbocycles. The number of fused-ring (bicyclic) bond motifs is 1. The van der Waals surface area contributed by atoms with E-state index in [1.54, 1.807) is 36.6 Å². The van der Waals surface area contributed by atoms with E-state index in [4.69, 9.17) is 9.72 Å². The number of methoxy groups -OCH3 is 1. The van der Waals surface area contributed by atoms with Crippen LogP contribution in [0.1, 0.15) is 15.9 Å². The van der Waals surface area contributed by atoms with E-state index in [-0.39, 0.29) is 22.1 Å². The van der Waals surface area contributed by atoms with Gasteiger partial charge in [0.1, 0.15) is 17.1 Å². The van der Waals surface area contributed by atoms with Crippen LogP contribution in [0.4, 0.5) is 15.2 Å². The van der Waals surface area contributed by atoms with Crippen LogP contribution in [0.2, 0.25) is 0 Å². The molecule has 2 N–H and O–H groups in total. The minimum atomic E-state index is -3.99. The zero-order chi connectivity index (χ0) is 28.3. The SMILES string of the molecule is COc1ccc(C)c2sc(N3CCN(CCNC(=O)c4ccccc4NS(=O)(=O)c4ccc(F)cc4)CC3)nc12. The molecular weight excluding hydrogens is 553 g/mol. The molecule has 1 aromatic heterocycles. The number of sulfonamides is 1. The predicted octanol–water partition coefficient (Wildman–Crippen LogP) is 4.11. The lowest BCUT2D eigenvalue weighted by atomic mass is 10.1. The van der Waals surface area contributed by atoms with Gasteiger partial charge in [-0.2, -0.15) is 0 Å². The monoisotopic (exact) mass is 583 g/mol. The molecule has 0 atom stereocenters. The standard InChI is InChI=1S/C28H30FN5O4S2/c1-19-7-12-24(38-2)25-26(19)39-28(31-25)34-17-15-33(16-18-34)14-13-30-27(35)22-5-3-4-6-23(22)32-40(36,37)21-10-8-20(29)9-11-21/h3-12,32H,13-18H2,1-2H3,(H,30,35). The smallest absolute Gasteiger partial charge is 0.261 e. The average molecular weight is 584 g/mol. The summed E-state index contributed by atoms with van der Waals surface area (Å²) in [5, 5.41) is 3.88. The molecule has 0 unspecified atom stereocenters. The third-order valence-corrected chi connectivity index (χ3v) is 9.44. The second kappa shape index (κ2) is 11.8. The average Bonchev–Trinajstić information content (AvgIpc) is 3.40. The van der Waals surface area contributed by atoms with Gasteiger partial charge in [0, 0.05) is 39.3 Å². The molecule has 5 rings (SSSR count). The quantitative estimate of drug-likeness (QED) is 0.306. The number of thiazole rings is 1. The van der Waals surface area contributed by atoms with Crippen molar-refractivity contribution in [3.05, 3.63) is 77.6 Å². The van der Waals surface area contributed by atoms with E-state index in [0.29, 0.717) is 13.1 Å². The molecule has 1 fully saturated rings. The number of rotatable bonds is 9. The second-order valence-electron chi connectivity index (χ2n) is 9.45. The van der Waals surface area contributed by atoms with E-state index in [1.165, 1.54) is 23.8 Å². The van der Waals surface area contributed by atoms with E-state index in [2.05, 4.69) is 26.8 Å². The van der Waals surface area contributed by atoms with Gasteiger partial charge in [-0.15, -0.1) is 0 Å². The van der Waals surface area contributed by atoms with Crippen molar-refractivity contribution in [3.63, 3.8) is 0 Å². The van der Waals surface area contributed by atoms with Crippen LogP contribution in [-0.4, -0.2) is 70.6 Å². The number of carbonyl (C=O) groups excluding carboxylic acids is 1. The zero-order valence-corrected chi connectivity index (χ0v) is 23.8. The van der Waals surface area contributed by atoms with E-state index >= 15 is 0 Å². The predicted molar refractivity (Wildman–Crippen MR) is 156 cm³/mol. The largest absolute Gasteiger partial charge is 0.494 e. The number of anilines is 2. The molecule has 2 heterocycles. The minimum absolute atomic E-state index is 0.0941. The van der Waals surface area contributed by atoms with Crippen molar-refractivity contribution in [2.24, 2.45) is 0 Å². The van der Waals surface area contributed by atoms with Crippen molar-refractivity contribution in [3.8, 4) is 5.75 Å². The van der Waals surface area contributed by atoms with Crippen LogP contribution in [-0.2, 0) is 10.0 Å². The number of piperazine rings is 1. The highest BCUT2D eigenvalue weighted by Crippen LogP contribution is 2.36. The van der Waals surface area contributed by atoms with Gasteiger partial charge in [-0.25, -0.2) is 17.8 Å². The first-order chi connectivity index (χ1) is 19.2. The molecule has 0 bridgehead atoms. The van der Waals surface area contributed by atoms with Crippen molar-refractivity contribution in [1.29, 1.82) is 0 Å². The van der Waals surface area contributed by atoms with Gasteiger partial charge in [-0.3, -0.25) is 14.4 Å². The third-order valence-electron chi connectivity index (χ3n) is 6.81. The number of benzene rings is 3. The number of ether oxygens (including phenoxy) is 1. The van der Waals surface area contributed by atoms with Gasteiger partial charge in [-0.1, -0.05) is 29.5 Å². The molecule has 9 nitrogen and oxygen atoms in total. The van der Waals surface area contributed by atoms with Crippen LogP contribution in [0.5, 0.6) is 5.75 Å². The van der Waals surface area contributed by atoms with Crippen molar-refractivity contribution in [1.82, 2.24) is 15.2 Å². The molecule has 0 radical (unpaired) electrons. The number of amides is 1. The molecule has 1 aliphatic heterocycles. The summed E-state index contributed by atoms with van der Waals surface area (Å²) in [4.78, 5) is 22.2. The van der Waals surface area contributed by atoms with Crippen LogP contribution in [0.15, 0.2) is 65.6 Å². The molecule has 12 heteroatoms. The molecule has 40 heavy (non-hydrogen) atoms. The molecule has 0 spiro atoms. The van der Waals surface area contributed by atoms with Crippen molar-refractivity contribution in [2.75, 3.05) is 56.0 Å². The Morgan fingerprint density at radius 3 is 2.50 bits per heavy atom. The summed E-state index contributed by atoms with van der Waals surface area (Å²) >= 11 is 1.68. The summed E-state index contributed by atoms with van der Waals surface area (Å²) in [6, 6.07) is 14.9. The Hall–Kier alpha value is -3.74. The molecule has 4 aromatic rings. The van der Waals surface area contributed by atoms with Crippen molar-refractivity contribution < 1.29 is 22.3 Å². The summed E-state index contributed by atoms with van der Waals surface area (Å²) in [5.74, 6) is -0.134. The highest BCUT2D eigenvalue weighted by Gasteiger charge is 2.22. The van der Waals surface area contributed by atoms with Gasteiger partial charge >= 0.3 is 0 Å². The normalized spacial score (nSPS) is 14.3. The second-order valence-corrected chi connectivity index (χ2v) is 12.1. The number of hydrogen-bond donors (Lipinski definition) is 2. The van der Waals surface area contributed by atoms with Gasteiger partial charge < -0.3 is 15.0 Å². The number of aromatic nitrogens is 1. The molecule has 1 saturated heterocycles. The number of carbonyl (C=O) groups is 1. The first-order valence-corrected chi connectivity index (χ1v) is 15.1. The van der Waals surface area contributed by atoms with E-state index in [0.717, 1.165) is 59.4 Å². The van der Waals surface area contributed by atoms with Crippen LogP contribution in [0, 0.1) is 12.7 Å². The van der Waals surface area contributed by atoms with Crippen LogP contribution >= 0.6 is 11.3 Å².